The van der Waals surface area contributed by atoms with Crippen LogP contribution in [0.5, 0.6) is 0 Å². The molecule has 130 valence electrons. The second-order valence-corrected chi connectivity index (χ2v) is 5.57. The molecule has 0 amide bonds. The average Bonchev–Trinajstić information content (AvgIpc) is 2.93. The Kier molecular flexibility index (Phi) is 4.22. The third-order valence-corrected chi connectivity index (χ3v) is 3.85. The predicted octanol–water partition coefficient (Wildman–Crippen LogP) is 2.35. The van der Waals surface area contributed by atoms with Gasteiger partial charge in [0.1, 0.15) is 11.9 Å². The van der Waals surface area contributed by atoms with Crippen LogP contribution in [-0.2, 0) is 9.53 Å². The van der Waals surface area contributed by atoms with Crippen LogP contribution in [0.3, 0.4) is 0 Å². The molecular formula is C16H17N5O4. The van der Waals surface area contributed by atoms with E-state index in [1.165, 1.54) is 12.1 Å². The van der Waals surface area contributed by atoms with Crippen LogP contribution in [-0.4, -0.2) is 32.3 Å². The Morgan fingerprint density at radius 3 is 2.88 bits per heavy atom. The summed E-state index contributed by atoms with van der Waals surface area (Å²) in [7, 11) is 0. The summed E-state index contributed by atoms with van der Waals surface area (Å²) in [4.78, 5) is 27.5. The molecule has 3 rings (SSSR count). The highest BCUT2D eigenvalue weighted by molar-refractivity contribution is 5.92. The fourth-order valence-electron chi connectivity index (χ4n) is 2.85. The van der Waals surface area contributed by atoms with Crippen molar-refractivity contribution in [1.29, 1.82) is 0 Å². The van der Waals surface area contributed by atoms with Crippen molar-refractivity contribution in [2.24, 2.45) is 0 Å². The van der Waals surface area contributed by atoms with Gasteiger partial charge in [-0.25, -0.2) is 9.48 Å². The number of aryl methyl sites for hydroxylation is 1. The molecule has 1 aromatic carbocycles. The number of non-ortho nitro benzene ring substituents is 1. The Morgan fingerprint density at radius 2 is 2.20 bits per heavy atom. The molecule has 2 aromatic rings. The minimum atomic E-state index is -0.656. The van der Waals surface area contributed by atoms with E-state index in [-0.39, 0.29) is 12.3 Å². The first kappa shape index (κ1) is 16.6. The zero-order valence-electron chi connectivity index (χ0n) is 14.0. The molecule has 9 heteroatoms. The number of carbonyl (C=O) groups is 1. The molecule has 25 heavy (non-hydrogen) atoms. The Morgan fingerprint density at radius 1 is 1.44 bits per heavy atom. The van der Waals surface area contributed by atoms with Gasteiger partial charge in [-0.2, -0.15) is 10.1 Å². The number of nitrogens with zero attached hydrogens (tertiary/aromatic N) is 4. The van der Waals surface area contributed by atoms with E-state index in [0.717, 1.165) is 0 Å². The van der Waals surface area contributed by atoms with Crippen LogP contribution in [0.15, 0.2) is 35.5 Å². The van der Waals surface area contributed by atoms with Gasteiger partial charge in [-0.15, -0.1) is 0 Å². The SMILES string of the molecule is CCOC(=O)C1=C(C)Nc2nc(C)nn2[C@@H]1c1cccc([N+](=O)[O-])c1. The fourth-order valence-corrected chi connectivity index (χ4v) is 2.85. The number of hydrogen-bond acceptors (Lipinski definition) is 7. The number of nitro benzene ring substituents is 1. The maximum atomic E-state index is 12.5. The molecule has 0 spiro atoms. The zero-order valence-corrected chi connectivity index (χ0v) is 14.0. The summed E-state index contributed by atoms with van der Waals surface area (Å²) >= 11 is 0. The molecule has 0 bridgehead atoms. The highest BCUT2D eigenvalue weighted by Crippen LogP contribution is 2.36. The standard InChI is InChI=1S/C16H17N5O4/c1-4-25-15(22)13-9(2)17-16-18-10(3)19-20(16)14(13)11-6-5-7-12(8-11)21(23)24/h5-8,14H,4H2,1-3H3,(H,17,18,19)/t14-/m1/s1. The Bertz CT molecular complexity index is 886. The first-order chi connectivity index (χ1) is 11.9. The summed E-state index contributed by atoms with van der Waals surface area (Å²) in [5, 5.41) is 18.5. The van der Waals surface area contributed by atoms with Crippen LogP contribution >= 0.6 is 0 Å². The molecule has 1 aliphatic rings. The summed E-state index contributed by atoms with van der Waals surface area (Å²) in [5.74, 6) is 0.498. The van der Waals surface area contributed by atoms with E-state index in [1.54, 1.807) is 37.6 Å². The molecule has 2 heterocycles. The lowest BCUT2D eigenvalue weighted by molar-refractivity contribution is -0.384. The smallest absolute Gasteiger partial charge is 0.338 e. The van der Waals surface area contributed by atoms with Crippen LogP contribution in [0.25, 0.3) is 0 Å². The highest BCUT2D eigenvalue weighted by Gasteiger charge is 2.35. The summed E-state index contributed by atoms with van der Waals surface area (Å²) in [6.07, 6.45) is 0. The molecule has 1 aliphatic heterocycles. The number of nitro groups is 1. The number of aromatic nitrogens is 3. The number of rotatable bonds is 4. The maximum absolute atomic E-state index is 12.5. The van der Waals surface area contributed by atoms with Gasteiger partial charge in [0, 0.05) is 17.8 Å². The minimum Gasteiger partial charge on any atom is -0.463 e. The van der Waals surface area contributed by atoms with Crippen molar-refractivity contribution in [2.75, 3.05) is 11.9 Å². The van der Waals surface area contributed by atoms with E-state index >= 15 is 0 Å². The summed E-state index contributed by atoms with van der Waals surface area (Å²) in [6, 6.07) is 5.48. The fraction of sp³-hybridized carbons (Fsp3) is 0.312. The summed E-state index contributed by atoms with van der Waals surface area (Å²) in [6.45, 7) is 5.42. The van der Waals surface area contributed by atoms with Crippen molar-refractivity contribution in [3.63, 3.8) is 0 Å². The normalized spacial score (nSPS) is 16.2. The Labute approximate surface area is 143 Å². The van der Waals surface area contributed by atoms with Gasteiger partial charge in [-0.3, -0.25) is 10.1 Å². The van der Waals surface area contributed by atoms with Gasteiger partial charge >= 0.3 is 5.97 Å². The molecule has 0 saturated heterocycles. The van der Waals surface area contributed by atoms with Crippen molar-refractivity contribution in [3.8, 4) is 0 Å². The number of hydrogen-bond donors (Lipinski definition) is 1. The van der Waals surface area contributed by atoms with E-state index in [4.69, 9.17) is 4.74 Å². The number of ether oxygens (including phenoxy) is 1. The van der Waals surface area contributed by atoms with Gasteiger partial charge in [0.25, 0.3) is 5.69 Å². The largest absolute Gasteiger partial charge is 0.463 e. The molecule has 0 saturated carbocycles. The molecule has 1 aromatic heterocycles. The van der Waals surface area contributed by atoms with Gasteiger partial charge in [0.15, 0.2) is 0 Å². The van der Waals surface area contributed by atoms with E-state index in [9.17, 15) is 14.9 Å². The number of fused-ring (bicyclic) bond motifs is 1. The monoisotopic (exact) mass is 343 g/mol. The van der Waals surface area contributed by atoms with Crippen LogP contribution in [0.4, 0.5) is 11.6 Å². The molecule has 0 unspecified atom stereocenters. The van der Waals surface area contributed by atoms with E-state index in [1.807, 2.05) is 0 Å². The molecule has 9 nitrogen and oxygen atoms in total. The highest BCUT2D eigenvalue weighted by atomic mass is 16.6. The first-order valence-corrected chi connectivity index (χ1v) is 7.74. The second-order valence-electron chi connectivity index (χ2n) is 5.57. The van der Waals surface area contributed by atoms with Gasteiger partial charge in [-0.1, -0.05) is 12.1 Å². The van der Waals surface area contributed by atoms with Crippen molar-refractivity contribution >= 4 is 17.6 Å². The molecule has 0 fully saturated rings. The topological polar surface area (TPSA) is 112 Å². The minimum absolute atomic E-state index is 0.0599. The van der Waals surface area contributed by atoms with Gasteiger partial charge in [0.2, 0.25) is 5.95 Å². The van der Waals surface area contributed by atoms with Crippen molar-refractivity contribution < 1.29 is 14.5 Å². The first-order valence-electron chi connectivity index (χ1n) is 7.74. The number of allylic oxidation sites excluding steroid dienone is 1. The molecule has 1 N–H and O–H groups in total. The van der Waals surface area contributed by atoms with Gasteiger partial charge in [0.05, 0.1) is 17.1 Å². The third kappa shape index (κ3) is 2.95. The van der Waals surface area contributed by atoms with E-state index in [0.29, 0.717) is 28.6 Å². The summed E-state index contributed by atoms with van der Waals surface area (Å²) in [5.41, 5.74) is 1.43. The van der Waals surface area contributed by atoms with Gasteiger partial charge < -0.3 is 10.1 Å². The average molecular weight is 343 g/mol. The molecule has 0 aliphatic carbocycles. The lowest BCUT2D eigenvalue weighted by atomic mass is 9.95. The number of esters is 1. The van der Waals surface area contributed by atoms with E-state index < -0.39 is 16.9 Å². The second kappa shape index (κ2) is 6.34. The molecule has 0 radical (unpaired) electrons. The molecule has 1 atom stereocenters. The van der Waals surface area contributed by atoms with Crippen LogP contribution in [0, 0.1) is 17.0 Å². The number of nitrogens with one attached hydrogen (secondary N) is 1. The third-order valence-electron chi connectivity index (χ3n) is 3.85. The number of carbonyl (C=O) groups excluding carboxylic acids is 1. The lowest BCUT2D eigenvalue weighted by Gasteiger charge is -2.28. The van der Waals surface area contributed by atoms with Gasteiger partial charge in [-0.05, 0) is 26.3 Å². The zero-order chi connectivity index (χ0) is 18.1. The van der Waals surface area contributed by atoms with Crippen molar-refractivity contribution in [1.82, 2.24) is 14.8 Å². The maximum Gasteiger partial charge on any atom is 0.338 e. The lowest BCUT2D eigenvalue weighted by Crippen LogP contribution is -2.29. The van der Waals surface area contributed by atoms with Crippen LogP contribution in [0.1, 0.15) is 31.3 Å². The Hall–Kier alpha value is -3.23. The quantitative estimate of drug-likeness (QED) is 0.515. The van der Waals surface area contributed by atoms with E-state index in [2.05, 4.69) is 15.4 Å². The van der Waals surface area contributed by atoms with Crippen LogP contribution in [0.2, 0.25) is 0 Å². The molecular weight excluding hydrogens is 326 g/mol. The Balaban J connectivity index is 2.19. The number of benzene rings is 1. The van der Waals surface area contributed by atoms with Crippen molar-refractivity contribution in [3.05, 3.63) is 57.0 Å². The summed E-state index contributed by atoms with van der Waals surface area (Å²) < 4.78 is 6.72. The predicted molar refractivity (Wildman–Crippen MR) is 89.0 cm³/mol. The number of anilines is 1. The van der Waals surface area contributed by atoms with Crippen LogP contribution < -0.4 is 5.32 Å². The van der Waals surface area contributed by atoms with Crippen molar-refractivity contribution in [2.45, 2.75) is 26.8 Å².